The first-order chi connectivity index (χ1) is 18.9. The standard InChI is InChI=1S/C33H56O6/c1-5-6-7-8-9-10-11-12-13-14-15-16-17-18-19-20-29(34)35-30-26(3)28-22-21-25(2)27-23-24-32(4)37-31(36-30)33(27,28)39-38-32/h12-13,25-28,30-31H,5-11,14-24H2,1-4H3/b13-12-/t25-,26-,27+,28+,30-,31-,32-,33-/m1/s1. The highest BCUT2D eigenvalue weighted by Crippen LogP contribution is 2.60. The number of ether oxygens (including phenoxy) is 3. The first kappa shape index (κ1) is 31.0. The molecule has 1 spiro atoms. The number of fused-ring (bicyclic) bond motifs is 2. The molecule has 0 radical (unpaired) electrons. The molecule has 4 aliphatic heterocycles. The molecule has 0 aromatic carbocycles. The van der Waals surface area contributed by atoms with Crippen LogP contribution in [0.25, 0.3) is 0 Å². The van der Waals surface area contributed by atoms with Crippen LogP contribution in [0.15, 0.2) is 12.2 Å². The van der Waals surface area contributed by atoms with Crippen LogP contribution in [0, 0.1) is 23.7 Å². The Balaban J connectivity index is 1.11. The second-order valence-electron chi connectivity index (χ2n) is 13.1. The van der Waals surface area contributed by atoms with E-state index in [1.165, 1.54) is 70.6 Å². The van der Waals surface area contributed by atoms with Crippen molar-refractivity contribution in [2.24, 2.45) is 23.7 Å². The molecule has 224 valence electrons. The molecule has 4 saturated heterocycles. The van der Waals surface area contributed by atoms with Crippen LogP contribution in [0.1, 0.15) is 143 Å². The maximum absolute atomic E-state index is 12.8. The van der Waals surface area contributed by atoms with Crippen LogP contribution < -0.4 is 0 Å². The monoisotopic (exact) mass is 548 g/mol. The van der Waals surface area contributed by atoms with E-state index in [-0.39, 0.29) is 17.8 Å². The minimum absolute atomic E-state index is 0.0315. The van der Waals surface area contributed by atoms with Gasteiger partial charge >= 0.3 is 5.97 Å². The van der Waals surface area contributed by atoms with E-state index in [9.17, 15) is 4.79 Å². The zero-order valence-corrected chi connectivity index (χ0v) is 25.3. The van der Waals surface area contributed by atoms with Gasteiger partial charge in [-0.1, -0.05) is 84.3 Å². The molecule has 5 aliphatic rings. The van der Waals surface area contributed by atoms with Crippen LogP contribution in [-0.2, 0) is 28.8 Å². The summed E-state index contributed by atoms with van der Waals surface area (Å²) < 4.78 is 18.7. The summed E-state index contributed by atoms with van der Waals surface area (Å²) in [5.41, 5.74) is -0.612. The Morgan fingerprint density at radius 1 is 0.846 bits per heavy atom. The minimum Gasteiger partial charge on any atom is -0.435 e. The number of carbonyl (C=O) groups is 1. The fraction of sp³-hybridized carbons (Fsp3) is 0.909. The van der Waals surface area contributed by atoms with E-state index in [1.807, 2.05) is 6.92 Å². The van der Waals surface area contributed by atoms with Gasteiger partial charge in [0.2, 0.25) is 12.1 Å². The van der Waals surface area contributed by atoms with E-state index < -0.39 is 24.0 Å². The van der Waals surface area contributed by atoms with Gasteiger partial charge in [-0.3, -0.25) is 4.79 Å². The Bertz CT molecular complexity index is 784. The summed E-state index contributed by atoms with van der Waals surface area (Å²) in [4.78, 5) is 24.8. The Hall–Kier alpha value is -0.950. The average Bonchev–Trinajstić information content (AvgIpc) is 3.15. The minimum atomic E-state index is -0.809. The maximum Gasteiger partial charge on any atom is 0.308 e. The van der Waals surface area contributed by atoms with Crippen LogP contribution in [0.2, 0.25) is 0 Å². The number of hydrogen-bond acceptors (Lipinski definition) is 6. The summed E-state index contributed by atoms with van der Waals surface area (Å²) in [5, 5.41) is 0. The molecule has 6 heteroatoms. The lowest BCUT2D eigenvalue weighted by atomic mass is 9.58. The number of unbranched alkanes of at least 4 members (excludes halogenated alkanes) is 11. The Labute approximate surface area is 237 Å². The second-order valence-corrected chi connectivity index (χ2v) is 13.1. The molecular formula is C33H56O6. The van der Waals surface area contributed by atoms with Crippen molar-refractivity contribution < 1.29 is 28.8 Å². The number of esters is 1. The molecule has 2 bridgehead atoms. The Morgan fingerprint density at radius 3 is 2.23 bits per heavy atom. The molecule has 1 aliphatic carbocycles. The van der Waals surface area contributed by atoms with Crippen LogP contribution in [0.5, 0.6) is 0 Å². The maximum atomic E-state index is 12.8. The molecule has 4 heterocycles. The van der Waals surface area contributed by atoms with E-state index in [0.717, 1.165) is 38.5 Å². The molecule has 0 aromatic heterocycles. The van der Waals surface area contributed by atoms with Gasteiger partial charge in [0.1, 0.15) is 0 Å². The van der Waals surface area contributed by atoms with E-state index in [0.29, 0.717) is 18.3 Å². The molecule has 39 heavy (non-hydrogen) atoms. The van der Waals surface area contributed by atoms with Gasteiger partial charge in [-0.15, -0.1) is 0 Å². The van der Waals surface area contributed by atoms with Gasteiger partial charge in [0.25, 0.3) is 0 Å². The normalized spacial score (nSPS) is 37.5. The average molecular weight is 549 g/mol. The lowest BCUT2D eigenvalue weighted by molar-refractivity contribution is -0.576. The predicted molar refractivity (Wildman–Crippen MR) is 152 cm³/mol. The SMILES string of the molecule is CCCCCCCC/C=C\CCCCCCCC(=O)O[C@@H]1O[C@@H]2O[C@@]3(C)CC[C@H]4[C@H](C)CC[C@@H]([C@H]1C)[C@@]24OO3. The van der Waals surface area contributed by atoms with Crippen molar-refractivity contribution in [2.75, 3.05) is 0 Å². The smallest absolute Gasteiger partial charge is 0.308 e. The van der Waals surface area contributed by atoms with Crippen molar-refractivity contribution >= 4 is 5.97 Å². The molecule has 1 saturated carbocycles. The summed E-state index contributed by atoms with van der Waals surface area (Å²) >= 11 is 0. The van der Waals surface area contributed by atoms with Crippen molar-refractivity contribution in [3.05, 3.63) is 12.2 Å². The van der Waals surface area contributed by atoms with E-state index in [1.54, 1.807) is 0 Å². The van der Waals surface area contributed by atoms with Crippen molar-refractivity contribution in [3.8, 4) is 0 Å². The number of hydrogen-bond donors (Lipinski definition) is 0. The molecule has 6 nitrogen and oxygen atoms in total. The van der Waals surface area contributed by atoms with E-state index in [4.69, 9.17) is 24.0 Å². The fourth-order valence-electron chi connectivity index (χ4n) is 7.54. The van der Waals surface area contributed by atoms with Crippen LogP contribution in [0.3, 0.4) is 0 Å². The number of carbonyl (C=O) groups excluding carboxylic acids is 1. The topological polar surface area (TPSA) is 63.2 Å². The summed E-state index contributed by atoms with van der Waals surface area (Å²) in [7, 11) is 0. The van der Waals surface area contributed by atoms with Crippen LogP contribution >= 0.6 is 0 Å². The van der Waals surface area contributed by atoms with Crippen LogP contribution in [0.4, 0.5) is 0 Å². The first-order valence-corrected chi connectivity index (χ1v) is 16.4. The van der Waals surface area contributed by atoms with E-state index >= 15 is 0 Å². The first-order valence-electron chi connectivity index (χ1n) is 16.4. The lowest BCUT2D eigenvalue weighted by Crippen LogP contribution is -2.70. The third-order valence-electron chi connectivity index (χ3n) is 9.99. The summed E-state index contributed by atoms with van der Waals surface area (Å²) in [6.07, 6.45) is 24.1. The van der Waals surface area contributed by atoms with Gasteiger partial charge in [0, 0.05) is 24.7 Å². The molecule has 8 atom stereocenters. The van der Waals surface area contributed by atoms with Crippen LogP contribution in [-0.4, -0.2) is 29.9 Å². The van der Waals surface area contributed by atoms with Gasteiger partial charge < -0.3 is 14.2 Å². The molecule has 0 N–H and O–H groups in total. The number of rotatable bonds is 16. The lowest BCUT2D eigenvalue weighted by Gasteiger charge is -2.59. The van der Waals surface area contributed by atoms with Gasteiger partial charge in [-0.25, -0.2) is 9.78 Å². The largest absolute Gasteiger partial charge is 0.435 e. The van der Waals surface area contributed by atoms with Gasteiger partial charge in [-0.2, -0.15) is 0 Å². The molecule has 5 rings (SSSR count). The molecule has 0 aromatic rings. The third-order valence-corrected chi connectivity index (χ3v) is 9.99. The van der Waals surface area contributed by atoms with Gasteiger partial charge in [-0.05, 0) is 70.1 Å². The quantitative estimate of drug-likeness (QED) is 0.0831. The third kappa shape index (κ3) is 7.67. The summed E-state index contributed by atoms with van der Waals surface area (Å²) in [6, 6.07) is 0. The summed E-state index contributed by atoms with van der Waals surface area (Å²) in [5.74, 6) is 0.0778. The highest BCUT2D eigenvalue weighted by molar-refractivity contribution is 5.69. The zero-order valence-electron chi connectivity index (χ0n) is 25.3. The van der Waals surface area contributed by atoms with Gasteiger partial charge in [0.15, 0.2) is 11.9 Å². The number of allylic oxidation sites excluding steroid dienone is 2. The molecule has 0 unspecified atom stereocenters. The zero-order chi connectivity index (χ0) is 27.7. The van der Waals surface area contributed by atoms with Gasteiger partial charge in [0.05, 0.1) is 0 Å². The Morgan fingerprint density at radius 2 is 1.51 bits per heavy atom. The van der Waals surface area contributed by atoms with Crippen molar-refractivity contribution in [1.29, 1.82) is 0 Å². The van der Waals surface area contributed by atoms with Crippen molar-refractivity contribution in [1.82, 2.24) is 0 Å². The summed E-state index contributed by atoms with van der Waals surface area (Å²) in [6.45, 7) is 8.63. The molecule has 5 fully saturated rings. The van der Waals surface area contributed by atoms with E-state index in [2.05, 4.69) is 32.9 Å². The fourth-order valence-corrected chi connectivity index (χ4v) is 7.54. The molecule has 0 amide bonds. The second kappa shape index (κ2) is 14.8. The molecular weight excluding hydrogens is 492 g/mol. The highest BCUT2D eigenvalue weighted by Gasteiger charge is 2.69. The highest BCUT2D eigenvalue weighted by atomic mass is 17.3. The van der Waals surface area contributed by atoms with Crippen molar-refractivity contribution in [2.45, 2.75) is 167 Å². The van der Waals surface area contributed by atoms with Crippen molar-refractivity contribution in [3.63, 3.8) is 0 Å². The Kier molecular flexibility index (Phi) is 11.8. The predicted octanol–water partition coefficient (Wildman–Crippen LogP) is 8.78.